The zero-order valence-corrected chi connectivity index (χ0v) is 19.5. The Hall–Kier alpha value is -4.07. The van der Waals surface area contributed by atoms with Crippen LogP contribution in [-0.2, 0) is 15.3 Å². The summed E-state index contributed by atoms with van der Waals surface area (Å²) >= 11 is 0. The largest absolute Gasteiger partial charge is 0.495 e. The molecule has 0 spiro atoms. The van der Waals surface area contributed by atoms with Gasteiger partial charge in [0.15, 0.2) is 5.76 Å². The SMILES string of the molecule is C=C.COc1cc(/C=C2\OCCN3C2=NOC3(C)c2ccc(F)cc2)ccc1-n1cnc(C)c1. The maximum atomic E-state index is 13.4. The number of imidazole rings is 1. The molecular formula is C26H27FN4O3. The molecule has 176 valence electrons. The smallest absolute Gasteiger partial charge is 0.234 e. The van der Waals surface area contributed by atoms with Crippen LogP contribution in [0.1, 0.15) is 23.7 Å². The lowest BCUT2D eigenvalue weighted by Crippen LogP contribution is -2.48. The van der Waals surface area contributed by atoms with Gasteiger partial charge in [0.05, 0.1) is 31.4 Å². The van der Waals surface area contributed by atoms with Crippen LogP contribution in [0, 0.1) is 12.7 Å². The Morgan fingerprint density at radius 2 is 1.94 bits per heavy atom. The highest BCUT2D eigenvalue weighted by Crippen LogP contribution is 2.38. The van der Waals surface area contributed by atoms with Crippen LogP contribution in [0.3, 0.4) is 0 Å². The first-order valence-electron chi connectivity index (χ1n) is 10.8. The van der Waals surface area contributed by atoms with Crippen molar-refractivity contribution in [3.8, 4) is 11.4 Å². The van der Waals surface area contributed by atoms with Gasteiger partial charge < -0.3 is 23.8 Å². The number of amidine groups is 1. The van der Waals surface area contributed by atoms with E-state index in [0.717, 1.165) is 22.5 Å². The van der Waals surface area contributed by atoms with E-state index in [1.54, 1.807) is 25.6 Å². The third kappa shape index (κ3) is 4.14. The molecule has 2 aliphatic heterocycles. The summed E-state index contributed by atoms with van der Waals surface area (Å²) in [5.74, 6) is 1.64. The van der Waals surface area contributed by atoms with Crippen LogP contribution in [0.5, 0.6) is 5.75 Å². The van der Waals surface area contributed by atoms with Crippen molar-refractivity contribution in [2.75, 3.05) is 20.3 Å². The van der Waals surface area contributed by atoms with Crippen molar-refractivity contribution in [1.82, 2.24) is 14.5 Å². The highest BCUT2D eigenvalue weighted by molar-refractivity contribution is 6.01. The van der Waals surface area contributed by atoms with Gasteiger partial charge in [-0.15, -0.1) is 13.2 Å². The van der Waals surface area contributed by atoms with Gasteiger partial charge in [0.1, 0.15) is 18.2 Å². The van der Waals surface area contributed by atoms with Gasteiger partial charge in [0.25, 0.3) is 0 Å². The third-order valence-electron chi connectivity index (χ3n) is 5.74. The molecule has 2 aromatic carbocycles. The molecule has 0 bridgehead atoms. The van der Waals surface area contributed by atoms with Crippen LogP contribution in [0.15, 0.2) is 79.1 Å². The Balaban J connectivity index is 0.00000133. The molecule has 1 saturated heterocycles. The number of methoxy groups -OCH3 is 1. The summed E-state index contributed by atoms with van der Waals surface area (Å²) in [6, 6.07) is 12.2. The maximum Gasteiger partial charge on any atom is 0.234 e. The van der Waals surface area contributed by atoms with Crippen LogP contribution < -0.4 is 4.74 Å². The fourth-order valence-corrected chi connectivity index (χ4v) is 4.02. The number of ether oxygens (including phenoxy) is 2. The van der Waals surface area contributed by atoms with Crippen molar-refractivity contribution in [2.45, 2.75) is 19.6 Å². The second-order valence-corrected chi connectivity index (χ2v) is 7.86. The van der Waals surface area contributed by atoms with Gasteiger partial charge in [-0.05, 0) is 42.8 Å². The van der Waals surface area contributed by atoms with E-state index in [9.17, 15) is 4.39 Å². The number of aromatic nitrogens is 2. The summed E-state index contributed by atoms with van der Waals surface area (Å²) in [5.41, 5.74) is 2.72. The summed E-state index contributed by atoms with van der Waals surface area (Å²) in [4.78, 5) is 12.2. The van der Waals surface area contributed by atoms with Gasteiger partial charge in [-0.1, -0.05) is 23.4 Å². The summed E-state index contributed by atoms with van der Waals surface area (Å²) in [7, 11) is 1.64. The van der Waals surface area contributed by atoms with Crippen molar-refractivity contribution >= 4 is 11.9 Å². The van der Waals surface area contributed by atoms with Gasteiger partial charge in [0.2, 0.25) is 11.6 Å². The van der Waals surface area contributed by atoms with Crippen LogP contribution in [0.25, 0.3) is 11.8 Å². The first-order valence-corrected chi connectivity index (χ1v) is 10.8. The van der Waals surface area contributed by atoms with Crippen molar-refractivity contribution in [1.29, 1.82) is 0 Å². The molecule has 8 heteroatoms. The number of rotatable bonds is 4. The molecule has 2 aliphatic rings. The Labute approximate surface area is 198 Å². The lowest BCUT2D eigenvalue weighted by molar-refractivity contribution is -0.0968. The van der Waals surface area contributed by atoms with E-state index in [0.29, 0.717) is 30.5 Å². The average molecular weight is 463 g/mol. The van der Waals surface area contributed by atoms with Gasteiger partial charge in [-0.2, -0.15) is 0 Å². The first kappa shape index (κ1) is 23.1. The Kier molecular flexibility index (Phi) is 6.40. The zero-order chi connectivity index (χ0) is 24.3. The molecule has 7 nitrogen and oxygen atoms in total. The predicted molar refractivity (Wildman–Crippen MR) is 129 cm³/mol. The molecule has 0 N–H and O–H groups in total. The monoisotopic (exact) mass is 462 g/mol. The molecule has 1 fully saturated rings. The number of halogens is 1. The van der Waals surface area contributed by atoms with E-state index in [4.69, 9.17) is 14.3 Å². The van der Waals surface area contributed by atoms with E-state index in [1.807, 2.05) is 53.8 Å². The number of nitrogens with zero attached hydrogens (tertiary/aromatic N) is 4. The molecule has 1 atom stereocenters. The minimum atomic E-state index is -0.827. The molecule has 0 amide bonds. The first-order chi connectivity index (χ1) is 16.5. The molecule has 5 rings (SSSR count). The Bertz CT molecular complexity index is 1240. The van der Waals surface area contributed by atoms with Crippen LogP contribution in [0.2, 0.25) is 0 Å². The fourth-order valence-electron chi connectivity index (χ4n) is 4.02. The fraction of sp³-hybridized carbons (Fsp3) is 0.231. The minimum absolute atomic E-state index is 0.290. The number of fused-ring (bicyclic) bond motifs is 1. The van der Waals surface area contributed by atoms with Gasteiger partial charge in [0, 0.05) is 18.7 Å². The van der Waals surface area contributed by atoms with Gasteiger partial charge in [-0.3, -0.25) is 0 Å². The van der Waals surface area contributed by atoms with Crippen molar-refractivity contribution < 1.29 is 18.7 Å². The summed E-state index contributed by atoms with van der Waals surface area (Å²) < 4.78 is 26.9. The maximum absolute atomic E-state index is 13.4. The standard InChI is InChI=1S/C24H23FN4O3.C2H4/c1-16-14-28(15-26-16)20-9-4-17(12-21(20)30-3)13-22-23-27-32-24(2,29(23)10-11-31-22)18-5-7-19(25)8-6-18;1-2/h4-9,12-15H,10-11H2,1-3H3;1-2H2/b22-13-;. The minimum Gasteiger partial charge on any atom is -0.495 e. The van der Waals surface area contributed by atoms with Crippen molar-refractivity contribution in [3.05, 3.63) is 96.5 Å². The normalized spacial score (nSPS) is 19.9. The molecule has 34 heavy (non-hydrogen) atoms. The third-order valence-corrected chi connectivity index (χ3v) is 5.74. The molecule has 0 radical (unpaired) electrons. The Morgan fingerprint density at radius 3 is 2.62 bits per heavy atom. The van der Waals surface area contributed by atoms with E-state index in [1.165, 1.54) is 12.1 Å². The number of oxime groups is 1. The number of hydrogen-bond acceptors (Lipinski definition) is 6. The van der Waals surface area contributed by atoms with E-state index in [2.05, 4.69) is 23.3 Å². The van der Waals surface area contributed by atoms with Crippen LogP contribution in [0.4, 0.5) is 4.39 Å². The highest BCUT2D eigenvalue weighted by atomic mass is 19.1. The molecule has 1 aromatic heterocycles. The molecule has 1 unspecified atom stereocenters. The molecule has 3 aromatic rings. The lowest BCUT2D eigenvalue weighted by Gasteiger charge is -2.37. The lowest BCUT2D eigenvalue weighted by atomic mass is 10.0. The second-order valence-electron chi connectivity index (χ2n) is 7.86. The molecule has 0 aliphatic carbocycles. The van der Waals surface area contributed by atoms with Crippen molar-refractivity contribution in [2.24, 2.45) is 5.16 Å². The van der Waals surface area contributed by atoms with E-state index >= 15 is 0 Å². The number of morpholine rings is 1. The molecule has 3 heterocycles. The number of benzene rings is 2. The number of aryl methyl sites for hydroxylation is 1. The van der Waals surface area contributed by atoms with Crippen LogP contribution in [-0.4, -0.2) is 40.5 Å². The predicted octanol–water partition coefficient (Wildman–Crippen LogP) is 5.02. The molecule has 0 saturated carbocycles. The quantitative estimate of drug-likeness (QED) is 0.510. The Morgan fingerprint density at radius 1 is 1.18 bits per heavy atom. The average Bonchev–Trinajstić information content (AvgIpc) is 3.45. The summed E-state index contributed by atoms with van der Waals surface area (Å²) in [5, 5.41) is 4.31. The molecular weight excluding hydrogens is 435 g/mol. The zero-order valence-electron chi connectivity index (χ0n) is 19.5. The van der Waals surface area contributed by atoms with E-state index < -0.39 is 5.72 Å². The van der Waals surface area contributed by atoms with Gasteiger partial charge in [-0.25, -0.2) is 9.37 Å². The summed E-state index contributed by atoms with van der Waals surface area (Å²) in [6.07, 6.45) is 5.61. The second kappa shape index (κ2) is 9.43. The van der Waals surface area contributed by atoms with Crippen LogP contribution >= 0.6 is 0 Å². The van der Waals surface area contributed by atoms with Gasteiger partial charge >= 0.3 is 0 Å². The van der Waals surface area contributed by atoms with E-state index in [-0.39, 0.29) is 5.82 Å². The summed E-state index contributed by atoms with van der Waals surface area (Å²) in [6.45, 7) is 10.9. The highest BCUT2D eigenvalue weighted by Gasteiger charge is 2.46. The number of hydrogen-bond donors (Lipinski definition) is 0. The van der Waals surface area contributed by atoms with Crippen molar-refractivity contribution in [3.63, 3.8) is 0 Å². The topological polar surface area (TPSA) is 61.1 Å².